The molecule has 2 saturated heterocycles. The standard InChI is InChI=1S/C87H105ClN14O25/c1-37(2)20-52(92-7)78(111)101-69-71(107)42-9-12-56(38(3)21-42)123-60-29-46-30-61(76(60)126-85-74(110)73(109)77-62(125-85)36-93-87(119)127-77)124-57-13-10-43(28-51(57)88)72(108)70-84(117)100-68(82(115)97-65-44-23-39-22-40(25-44)26-45(65)24-39)50-33-48(103)34-55(105)64(50)49-27-41(8-11-54(49)104)66(80(113)102-70)99-81(114)67(46)98-79(112)53(95-83(69)116)35-63(106)96-86(118)94-47-31-58(120-17-14-89-4)75(122-19-16-91-6)59(32-47)121-18-15-90-5/h8-13,21,27-34,37,39-40,44-45,52-53,62,65-74,77,85,89-92,103-105,107-110H,14-20,22-26,35-36H2,1-7H3,(H,93,119)(H,95,116)(H,97,115)(H,98,112)(H,99,114)(H,100,117)(H,101,111)(H,102,113)(H2,94,96,106,118)/t39?,40?,44?,45?,52-,53+,62-,65?,66-,67-,68+,69-,70+,71-,72-,73-,74-,77-,85+/m1/s1. The number of fused-ring (bicyclic) bond motifs is 16. The van der Waals surface area contributed by atoms with E-state index in [1.54, 1.807) is 21.1 Å². The summed E-state index contributed by atoms with van der Waals surface area (Å²) in [5, 5.41) is 123. The molecule has 4 aliphatic carbocycles. The maximum atomic E-state index is 16.6. The number of anilines is 1. The summed E-state index contributed by atoms with van der Waals surface area (Å²) in [5.41, 5.74) is -1.87. The Balaban J connectivity index is 0.931. The maximum Gasteiger partial charge on any atom is 0.407 e. The molecular weight excluding hydrogens is 1680 g/mol. The summed E-state index contributed by atoms with van der Waals surface area (Å²) in [5.74, 6) is -12.6. The van der Waals surface area contributed by atoms with Crippen molar-refractivity contribution in [1.82, 2.24) is 69.1 Å². The number of urea groups is 1. The minimum Gasteiger partial charge on any atom is -0.508 e. The Hall–Kier alpha value is -12.1. The molecule has 40 heteroatoms. The van der Waals surface area contributed by atoms with E-state index < -0.39 is 191 Å². The number of aryl methyl sites for hydroxylation is 1. The van der Waals surface area contributed by atoms with Gasteiger partial charge in [0.05, 0.1) is 29.7 Å². The molecule has 15 bridgehead atoms. The Morgan fingerprint density at radius 2 is 1.21 bits per heavy atom. The van der Waals surface area contributed by atoms with Crippen LogP contribution in [0.3, 0.4) is 0 Å². The number of likely N-dealkylation sites (N-methyl/N-ethyl adjacent to an activating group) is 4. The van der Waals surface area contributed by atoms with Gasteiger partial charge in [0.25, 0.3) is 0 Å². The Morgan fingerprint density at radius 3 is 1.85 bits per heavy atom. The van der Waals surface area contributed by atoms with E-state index in [1.165, 1.54) is 56.4 Å². The van der Waals surface area contributed by atoms with Gasteiger partial charge in [-0.15, -0.1) is 0 Å². The lowest BCUT2D eigenvalue weighted by atomic mass is 9.54. The second kappa shape index (κ2) is 39.5. The third-order valence-electron chi connectivity index (χ3n) is 24.0. The number of aliphatic hydroxyl groups excluding tert-OH is 4. The van der Waals surface area contributed by atoms with E-state index in [1.807, 2.05) is 13.8 Å². The fourth-order valence-electron chi connectivity index (χ4n) is 17.9. The summed E-state index contributed by atoms with van der Waals surface area (Å²) in [6, 6.07) is 2.21. The van der Waals surface area contributed by atoms with Crippen LogP contribution in [0.4, 0.5) is 15.3 Å². The molecule has 680 valence electrons. The molecule has 7 aliphatic heterocycles. The molecule has 6 aromatic carbocycles. The normalized spacial score (nSPS) is 26.7. The number of nitrogens with one attached hydrogen (secondary N) is 14. The first kappa shape index (κ1) is 91.2. The molecule has 11 aliphatic rings. The molecule has 0 unspecified atom stereocenters. The summed E-state index contributed by atoms with van der Waals surface area (Å²) in [4.78, 5) is 152. The number of phenolic OH excluding ortho intramolecular Hbond substituents is 3. The number of rotatable bonds is 24. The van der Waals surface area contributed by atoms with E-state index in [9.17, 15) is 54.9 Å². The first-order valence-corrected chi connectivity index (χ1v) is 42.5. The second-order valence-corrected chi connectivity index (χ2v) is 33.8. The number of hydrogen-bond donors (Lipinski definition) is 21. The minimum atomic E-state index is -2.38. The fourth-order valence-corrected chi connectivity index (χ4v) is 18.2. The zero-order chi connectivity index (χ0) is 90.5. The van der Waals surface area contributed by atoms with Gasteiger partial charge < -0.3 is 143 Å². The highest BCUT2D eigenvalue weighted by Gasteiger charge is 2.53. The molecule has 0 radical (unpaired) electrons. The van der Waals surface area contributed by atoms with Crippen molar-refractivity contribution in [3.8, 4) is 74.4 Å². The van der Waals surface area contributed by atoms with E-state index >= 15 is 28.8 Å². The number of phenols is 3. The summed E-state index contributed by atoms with van der Waals surface area (Å²) < 4.78 is 50.1. The molecule has 0 aromatic heterocycles. The summed E-state index contributed by atoms with van der Waals surface area (Å²) in [6.07, 6.45) is -10.5. The average Bonchev–Trinajstić information content (AvgIpc) is 0.755. The van der Waals surface area contributed by atoms with Crippen molar-refractivity contribution in [2.45, 2.75) is 157 Å². The van der Waals surface area contributed by atoms with Crippen molar-refractivity contribution in [2.24, 2.45) is 29.6 Å². The lowest BCUT2D eigenvalue weighted by molar-refractivity contribution is -0.275. The smallest absolute Gasteiger partial charge is 0.407 e. The number of halogens is 1. The maximum absolute atomic E-state index is 16.6. The average molecular weight is 1780 g/mol. The van der Waals surface area contributed by atoms with Crippen LogP contribution in [-0.2, 0) is 47.8 Å². The number of aliphatic hydroxyl groups is 4. The lowest BCUT2D eigenvalue weighted by Crippen LogP contribution is -2.65. The van der Waals surface area contributed by atoms with Gasteiger partial charge in [0, 0.05) is 55.0 Å². The molecule has 0 spiro atoms. The van der Waals surface area contributed by atoms with Gasteiger partial charge in [-0.1, -0.05) is 43.6 Å². The number of amides is 11. The van der Waals surface area contributed by atoms with Crippen LogP contribution in [0.15, 0.2) is 91.0 Å². The van der Waals surface area contributed by atoms with Gasteiger partial charge in [-0.3, -0.25) is 43.7 Å². The molecule has 17 rings (SSSR count). The van der Waals surface area contributed by atoms with Crippen LogP contribution in [0.5, 0.6) is 63.2 Å². The van der Waals surface area contributed by atoms with E-state index in [0.717, 1.165) is 80.6 Å². The van der Waals surface area contributed by atoms with Crippen molar-refractivity contribution < 1.29 is 122 Å². The van der Waals surface area contributed by atoms with Gasteiger partial charge in [0.1, 0.15) is 115 Å². The number of carbonyl (C=O) groups excluding carboxylic acids is 10. The molecule has 7 heterocycles. The van der Waals surface area contributed by atoms with Gasteiger partial charge >= 0.3 is 12.1 Å². The Labute approximate surface area is 733 Å². The Bertz CT molecular complexity index is 5140. The van der Waals surface area contributed by atoms with Crippen LogP contribution in [0.2, 0.25) is 5.02 Å². The first-order chi connectivity index (χ1) is 60.8. The minimum absolute atomic E-state index is 0.0119. The summed E-state index contributed by atoms with van der Waals surface area (Å²) >= 11 is 7.25. The molecule has 14 atom stereocenters. The molecular formula is C87H105ClN14O25. The highest BCUT2D eigenvalue weighted by molar-refractivity contribution is 6.32. The summed E-state index contributed by atoms with van der Waals surface area (Å²) in [7, 11) is 6.63. The van der Waals surface area contributed by atoms with Gasteiger partial charge in [0.2, 0.25) is 65.0 Å². The van der Waals surface area contributed by atoms with Crippen molar-refractivity contribution in [1.29, 1.82) is 0 Å². The highest BCUT2D eigenvalue weighted by atomic mass is 35.5. The third-order valence-corrected chi connectivity index (χ3v) is 24.3. The monoisotopic (exact) mass is 1780 g/mol. The van der Waals surface area contributed by atoms with Crippen LogP contribution < -0.4 is 103 Å². The van der Waals surface area contributed by atoms with Crippen molar-refractivity contribution in [3.05, 3.63) is 129 Å². The number of benzene rings is 6. The van der Waals surface area contributed by atoms with Crippen molar-refractivity contribution in [3.63, 3.8) is 0 Å². The van der Waals surface area contributed by atoms with Crippen LogP contribution in [0.25, 0.3) is 11.1 Å². The van der Waals surface area contributed by atoms with E-state index in [-0.39, 0.29) is 135 Å². The van der Waals surface area contributed by atoms with Crippen LogP contribution >= 0.6 is 11.6 Å². The predicted octanol–water partition coefficient (Wildman–Crippen LogP) is 2.79. The lowest BCUT2D eigenvalue weighted by Gasteiger charge is -2.54. The number of alkyl carbamates (subject to hydrolysis) is 1. The SMILES string of the molecule is CNCCOc1cc(NC(=O)NC(=O)C[C@@H]2NC(=O)[C@H](NC(=O)[C@@H](CC(C)C)NC)[C@H](O)c3ccc(c(C)c3)Oc3cc4cc(c3O[C@@H]3O[C@@H]5CNC(=O)O[C@H]5[C@H](O)[C@H]3O)Oc3ccc(cc3Cl)[C@@H](O)[C@@H]3NC(=O)[C@H](NC(=O)[C@@H]4NC2=O)c2ccc(O)c(c2)-c2c(O)cc(O)cc2[C@@H](C(=O)NC2C4CC5CC(C4)CC2C5)NC3=O)cc(OCCNC)c1OCCNC. The van der Waals surface area contributed by atoms with Gasteiger partial charge in [0.15, 0.2) is 29.1 Å². The topological polar surface area (TPSA) is 555 Å². The first-order valence-electron chi connectivity index (χ1n) is 42.1. The van der Waals surface area contributed by atoms with Gasteiger partial charge in [-0.25, -0.2) is 9.59 Å². The molecule has 127 heavy (non-hydrogen) atoms. The number of imide groups is 1. The van der Waals surface area contributed by atoms with Crippen molar-refractivity contribution >= 4 is 76.7 Å². The Morgan fingerprint density at radius 1 is 0.598 bits per heavy atom. The summed E-state index contributed by atoms with van der Waals surface area (Å²) in [6.45, 7) is 6.37. The molecule has 39 nitrogen and oxygen atoms in total. The predicted molar refractivity (Wildman–Crippen MR) is 452 cm³/mol. The van der Waals surface area contributed by atoms with E-state index in [4.69, 9.17) is 49.5 Å². The zero-order valence-electron chi connectivity index (χ0n) is 70.5. The van der Waals surface area contributed by atoms with Crippen LogP contribution in [0, 0.1) is 36.5 Å². The van der Waals surface area contributed by atoms with E-state index in [0.29, 0.717) is 31.5 Å². The molecule has 6 aromatic rings. The number of aromatic hydroxyl groups is 3. The second-order valence-electron chi connectivity index (χ2n) is 33.4. The van der Waals surface area contributed by atoms with E-state index in [2.05, 4.69) is 74.4 Å². The quantitative estimate of drug-likeness (QED) is 0.0387. The number of ether oxygens (including phenoxy) is 8. The van der Waals surface area contributed by atoms with Gasteiger partial charge in [-0.2, -0.15) is 0 Å². The van der Waals surface area contributed by atoms with Crippen LogP contribution in [0.1, 0.15) is 123 Å². The molecule has 21 N–H and O–H groups in total. The van der Waals surface area contributed by atoms with Crippen LogP contribution in [-0.4, -0.2) is 230 Å². The number of carbonyl (C=O) groups is 10. The molecule has 11 amide bonds. The Kier molecular flexibility index (Phi) is 28.3. The molecule has 6 fully saturated rings. The third kappa shape index (κ3) is 20.3. The molecule has 4 saturated carbocycles. The largest absolute Gasteiger partial charge is 0.508 e. The fraction of sp³-hybridized carbons (Fsp3) is 0.471. The van der Waals surface area contributed by atoms with Crippen molar-refractivity contribution in [2.75, 3.05) is 79.5 Å². The number of hydrogen-bond acceptors (Lipinski definition) is 29. The van der Waals surface area contributed by atoms with Gasteiger partial charge in [-0.05, 0) is 191 Å². The highest BCUT2D eigenvalue weighted by Crippen LogP contribution is 2.55. The zero-order valence-corrected chi connectivity index (χ0v) is 71.2.